The fourth-order valence-electron chi connectivity index (χ4n) is 3.02. The van der Waals surface area contributed by atoms with Crippen LogP contribution in [0.25, 0.3) is 0 Å². The van der Waals surface area contributed by atoms with Gasteiger partial charge in [0.15, 0.2) is 11.5 Å². The van der Waals surface area contributed by atoms with Gasteiger partial charge in [0.2, 0.25) is 12.7 Å². The van der Waals surface area contributed by atoms with E-state index in [9.17, 15) is 4.79 Å². The van der Waals surface area contributed by atoms with Crippen molar-refractivity contribution in [2.24, 2.45) is 0 Å². The molecule has 1 aliphatic heterocycles. The molecule has 7 nitrogen and oxygen atoms in total. The van der Waals surface area contributed by atoms with Gasteiger partial charge in [-0.15, -0.1) is 0 Å². The molecule has 2 N–H and O–H groups in total. The molecule has 0 atom stereocenters. The number of hydrogen-bond acceptors (Lipinski definition) is 6. The lowest BCUT2D eigenvalue weighted by atomic mass is 10.1. The molecule has 0 radical (unpaired) electrons. The molecule has 4 rings (SSSR count). The molecule has 1 aromatic heterocycles. The van der Waals surface area contributed by atoms with E-state index in [4.69, 9.17) is 9.47 Å². The van der Waals surface area contributed by atoms with Crippen LogP contribution in [0.15, 0.2) is 48.8 Å². The monoisotopic (exact) mass is 376 g/mol. The van der Waals surface area contributed by atoms with Crippen LogP contribution in [0.4, 0.5) is 11.6 Å². The van der Waals surface area contributed by atoms with Crippen LogP contribution in [0.5, 0.6) is 11.5 Å². The molecule has 7 heteroatoms. The number of hydrogen-bond donors (Lipinski definition) is 2. The van der Waals surface area contributed by atoms with Gasteiger partial charge in [0.25, 0.3) is 5.91 Å². The van der Waals surface area contributed by atoms with Gasteiger partial charge in [0.05, 0.1) is 5.56 Å². The van der Waals surface area contributed by atoms with Crippen LogP contribution in [0, 0.1) is 13.8 Å². The average molecular weight is 376 g/mol. The second kappa shape index (κ2) is 7.56. The maximum absolute atomic E-state index is 12.3. The molecule has 3 aromatic rings. The first-order valence-corrected chi connectivity index (χ1v) is 8.91. The molecule has 2 aromatic carbocycles. The van der Waals surface area contributed by atoms with E-state index in [1.807, 2.05) is 44.2 Å². The zero-order valence-corrected chi connectivity index (χ0v) is 15.7. The lowest BCUT2D eigenvalue weighted by molar-refractivity contribution is 0.0950. The van der Waals surface area contributed by atoms with Crippen molar-refractivity contribution in [3.63, 3.8) is 0 Å². The van der Waals surface area contributed by atoms with Gasteiger partial charge in [-0.3, -0.25) is 4.79 Å². The quantitative estimate of drug-likeness (QED) is 0.709. The van der Waals surface area contributed by atoms with Crippen LogP contribution in [0.1, 0.15) is 27.0 Å². The van der Waals surface area contributed by atoms with E-state index in [0.717, 1.165) is 28.1 Å². The Kier molecular flexibility index (Phi) is 4.80. The van der Waals surface area contributed by atoms with Crippen molar-refractivity contribution >= 4 is 17.5 Å². The van der Waals surface area contributed by atoms with Crippen molar-refractivity contribution in [3.05, 3.63) is 71.0 Å². The molecule has 28 heavy (non-hydrogen) atoms. The van der Waals surface area contributed by atoms with Crippen molar-refractivity contribution < 1.29 is 14.3 Å². The van der Waals surface area contributed by atoms with Gasteiger partial charge >= 0.3 is 0 Å². The van der Waals surface area contributed by atoms with Crippen molar-refractivity contribution in [1.29, 1.82) is 0 Å². The van der Waals surface area contributed by atoms with Crippen LogP contribution >= 0.6 is 0 Å². The van der Waals surface area contributed by atoms with E-state index in [2.05, 4.69) is 26.7 Å². The SMILES string of the molecule is Cc1cc(C)cc(Nc2ncc(C(=O)NCc3ccc4c(c3)OCO4)cn2)c1. The van der Waals surface area contributed by atoms with Gasteiger partial charge in [0, 0.05) is 24.6 Å². The summed E-state index contributed by atoms with van der Waals surface area (Å²) in [6.45, 7) is 4.67. The number of amides is 1. The lowest BCUT2D eigenvalue weighted by Gasteiger charge is -2.08. The van der Waals surface area contributed by atoms with Crippen LogP contribution in [-0.4, -0.2) is 22.7 Å². The zero-order valence-electron chi connectivity index (χ0n) is 15.7. The van der Waals surface area contributed by atoms with Gasteiger partial charge in [-0.2, -0.15) is 0 Å². The van der Waals surface area contributed by atoms with Gasteiger partial charge in [-0.1, -0.05) is 12.1 Å². The molecule has 1 amide bonds. The molecular formula is C21H20N4O3. The predicted octanol–water partition coefficient (Wildman–Crippen LogP) is 3.50. The Morgan fingerprint density at radius 2 is 1.71 bits per heavy atom. The number of nitrogens with zero attached hydrogens (tertiary/aromatic N) is 2. The highest BCUT2D eigenvalue weighted by molar-refractivity contribution is 5.93. The first kappa shape index (κ1) is 17.8. The van der Waals surface area contributed by atoms with Crippen LogP contribution in [0.3, 0.4) is 0 Å². The molecule has 1 aliphatic rings. The standard InChI is InChI=1S/C21H20N4O3/c1-13-5-14(2)7-17(6-13)25-21-23-10-16(11-24-21)20(26)22-9-15-3-4-18-19(8-15)28-12-27-18/h3-8,10-11H,9,12H2,1-2H3,(H,22,26)(H,23,24,25). The summed E-state index contributed by atoms with van der Waals surface area (Å²) in [5.74, 6) is 1.61. The number of ether oxygens (including phenoxy) is 2. The number of anilines is 2. The molecule has 0 fully saturated rings. The number of aromatic nitrogens is 2. The summed E-state index contributed by atoms with van der Waals surface area (Å²) in [6, 6.07) is 11.7. The molecule has 142 valence electrons. The normalized spacial score (nSPS) is 11.9. The number of carbonyl (C=O) groups is 1. The summed E-state index contributed by atoms with van der Waals surface area (Å²) in [7, 11) is 0. The van der Waals surface area contributed by atoms with Crippen LogP contribution < -0.4 is 20.1 Å². The Morgan fingerprint density at radius 3 is 2.46 bits per heavy atom. The molecule has 0 aliphatic carbocycles. The maximum atomic E-state index is 12.3. The van der Waals surface area contributed by atoms with Crippen molar-refractivity contribution in [2.75, 3.05) is 12.1 Å². The fraction of sp³-hybridized carbons (Fsp3) is 0.190. The number of rotatable bonds is 5. The summed E-state index contributed by atoms with van der Waals surface area (Å²) in [4.78, 5) is 20.8. The fourth-order valence-corrected chi connectivity index (χ4v) is 3.02. The van der Waals surface area contributed by atoms with Crippen LogP contribution in [-0.2, 0) is 6.54 Å². The van der Waals surface area contributed by atoms with E-state index in [1.165, 1.54) is 12.4 Å². The third kappa shape index (κ3) is 4.03. The topological polar surface area (TPSA) is 85.4 Å². The number of benzene rings is 2. The third-order valence-corrected chi connectivity index (χ3v) is 4.28. The second-order valence-electron chi connectivity index (χ2n) is 6.67. The minimum absolute atomic E-state index is 0.227. The third-order valence-electron chi connectivity index (χ3n) is 4.28. The summed E-state index contributed by atoms with van der Waals surface area (Å²) < 4.78 is 10.6. The summed E-state index contributed by atoms with van der Waals surface area (Å²) in [6.07, 6.45) is 3.01. The first-order chi connectivity index (χ1) is 13.6. The minimum Gasteiger partial charge on any atom is -0.454 e. The second-order valence-corrected chi connectivity index (χ2v) is 6.67. The Labute approximate surface area is 162 Å². The highest BCUT2D eigenvalue weighted by Gasteiger charge is 2.14. The van der Waals surface area contributed by atoms with E-state index in [0.29, 0.717) is 23.8 Å². The molecule has 0 unspecified atom stereocenters. The highest BCUT2D eigenvalue weighted by Crippen LogP contribution is 2.32. The van der Waals surface area contributed by atoms with Crippen molar-refractivity contribution in [1.82, 2.24) is 15.3 Å². The summed E-state index contributed by atoms with van der Waals surface area (Å²) in [5, 5.41) is 6.01. The Morgan fingerprint density at radius 1 is 1.00 bits per heavy atom. The molecule has 2 heterocycles. The highest BCUT2D eigenvalue weighted by atomic mass is 16.7. The van der Waals surface area contributed by atoms with Crippen molar-refractivity contribution in [2.45, 2.75) is 20.4 Å². The number of fused-ring (bicyclic) bond motifs is 1. The Balaban J connectivity index is 1.37. The number of nitrogens with one attached hydrogen (secondary N) is 2. The smallest absolute Gasteiger partial charge is 0.254 e. The van der Waals surface area contributed by atoms with E-state index in [-0.39, 0.29) is 12.7 Å². The molecule has 0 bridgehead atoms. The van der Waals surface area contributed by atoms with E-state index in [1.54, 1.807) is 0 Å². The Hall–Kier alpha value is -3.61. The van der Waals surface area contributed by atoms with Crippen molar-refractivity contribution in [3.8, 4) is 11.5 Å². The predicted molar refractivity (Wildman–Crippen MR) is 105 cm³/mol. The van der Waals surface area contributed by atoms with E-state index < -0.39 is 0 Å². The van der Waals surface area contributed by atoms with Crippen LogP contribution in [0.2, 0.25) is 0 Å². The summed E-state index contributed by atoms with van der Waals surface area (Å²) >= 11 is 0. The largest absolute Gasteiger partial charge is 0.454 e. The van der Waals surface area contributed by atoms with E-state index >= 15 is 0 Å². The first-order valence-electron chi connectivity index (χ1n) is 8.91. The molecule has 0 spiro atoms. The lowest BCUT2D eigenvalue weighted by Crippen LogP contribution is -2.23. The number of carbonyl (C=O) groups excluding carboxylic acids is 1. The van der Waals surface area contributed by atoms with Gasteiger partial charge < -0.3 is 20.1 Å². The van der Waals surface area contributed by atoms with Gasteiger partial charge in [-0.25, -0.2) is 9.97 Å². The Bertz CT molecular complexity index is 998. The van der Waals surface area contributed by atoms with Gasteiger partial charge in [-0.05, 0) is 54.8 Å². The molecule has 0 saturated heterocycles. The maximum Gasteiger partial charge on any atom is 0.254 e. The zero-order chi connectivity index (χ0) is 19.5. The average Bonchev–Trinajstić information content (AvgIpc) is 3.14. The molecular weight excluding hydrogens is 356 g/mol. The minimum atomic E-state index is -0.240. The summed E-state index contributed by atoms with van der Waals surface area (Å²) in [5.41, 5.74) is 4.54. The number of aryl methyl sites for hydroxylation is 2. The molecule has 0 saturated carbocycles. The van der Waals surface area contributed by atoms with Gasteiger partial charge in [0.1, 0.15) is 0 Å².